The number of anilines is 1. The highest BCUT2D eigenvalue weighted by atomic mass is 35.5. The van der Waals surface area contributed by atoms with Crippen molar-refractivity contribution in [3.05, 3.63) is 23.2 Å². The smallest absolute Gasteiger partial charge is 0.238 e. The van der Waals surface area contributed by atoms with Gasteiger partial charge in [-0.25, -0.2) is 0 Å². The van der Waals surface area contributed by atoms with Gasteiger partial charge in [-0.05, 0) is 24.6 Å². The molecule has 0 aliphatic carbocycles. The summed E-state index contributed by atoms with van der Waals surface area (Å²) >= 11 is 7.32. The van der Waals surface area contributed by atoms with Crippen molar-refractivity contribution in [2.75, 3.05) is 11.9 Å². The molecule has 2 rings (SSSR count). The Morgan fingerprint density at radius 3 is 3.00 bits per heavy atom. The van der Waals surface area contributed by atoms with Crippen LogP contribution in [0.1, 0.15) is 32.6 Å². The zero-order valence-corrected chi connectivity index (χ0v) is 13.5. The summed E-state index contributed by atoms with van der Waals surface area (Å²) in [5, 5.41) is 5.87. The van der Waals surface area contributed by atoms with E-state index in [1.54, 1.807) is 12.1 Å². The SMILES string of the molecule is CCCCCNC(=O)C[C@H]1Sc2ccc(Cl)cc2NC1=O. The van der Waals surface area contributed by atoms with Crippen molar-refractivity contribution in [2.24, 2.45) is 0 Å². The topological polar surface area (TPSA) is 58.2 Å². The van der Waals surface area contributed by atoms with Crippen molar-refractivity contribution in [3.63, 3.8) is 0 Å². The van der Waals surface area contributed by atoms with Gasteiger partial charge in [0.25, 0.3) is 0 Å². The van der Waals surface area contributed by atoms with Crippen LogP contribution in [-0.2, 0) is 9.59 Å². The van der Waals surface area contributed by atoms with Gasteiger partial charge in [0.2, 0.25) is 11.8 Å². The van der Waals surface area contributed by atoms with E-state index in [1.807, 2.05) is 6.07 Å². The Hall–Kier alpha value is -1.20. The Kier molecular flexibility index (Phi) is 5.94. The maximum absolute atomic E-state index is 12.0. The molecule has 1 aromatic rings. The Morgan fingerprint density at radius 1 is 1.43 bits per heavy atom. The summed E-state index contributed by atoms with van der Waals surface area (Å²) in [6, 6.07) is 5.38. The molecule has 114 valence electrons. The maximum Gasteiger partial charge on any atom is 0.238 e. The van der Waals surface area contributed by atoms with Gasteiger partial charge in [0.15, 0.2) is 0 Å². The first kappa shape index (κ1) is 16.2. The standard InChI is InChI=1S/C15H19ClN2O2S/c1-2-3-4-7-17-14(19)9-13-15(20)18-11-8-10(16)5-6-12(11)21-13/h5-6,8,13H,2-4,7,9H2,1H3,(H,17,19)(H,18,20)/t13-/m1/s1. The van der Waals surface area contributed by atoms with Gasteiger partial charge < -0.3 is 10.6 Å². The number of fused-ring (bicyclic) bond motifs is 1. The third-order valence-electron chi connectivity index (χ3n) is 3.23. The zero-order chi connectivity index (χ0) is 15.2. The normalized spacial score (nSPS) is 17.0. The highest BCUT2D eigenvalue weighted by Crippen LogP contribution is 2.38. The number of amides is 2. The first-order chi connectivity index (χ1) is 10.1. The van der Waals surface area contributed by atoms with Crippen LogP contribution in [0.3, 0.4) is 0 Å². The molecular weight excluding hydrogens is 308 g/mol. The number of unbranched alkanes of at least 4 members (excludes halogenated alkanes) is 2. The molecule has 2 N–H and O–H groups in total. The molecule has 4 nitrogen and oxygen atoms in total. The van der Waals surface area contributed by atoms with E-state index in [0.29, 0.717) is 11.6 Å². The lowest BCUT2D eigenvalue weighted by Crippen LogP contribution is -2.35. The number of thioether (sulfide) groups is 1. The lowest BCUT2D eigenvalue weighted by Gasteiger charge is -2.23. The minimum atomic E-state index is -0.384. The van der Waals surface area contributed by atoms with Crippen molar-refractivity contribution >= 4 is 40.9 Å². The summed E-state index contributed by atoms with van der Waals surface area (Å²) in [4.78, 5) is 24.8. The van der Waals surface area contributed by atoms with Gasteiger partial charge in [0.05, 0.1) is 10.9 Å². The van der Waals surface area contributed by atoms with Crippen LogP contribution in [0.15, 0.2) is 23.1 Å². The quantitative estimate of drug-likeness (QED) is 0.787. The molecule has 1 aromatic carbocycles. The summed E-state index contributed by atoms with van der Waals surface area (Å²) in [5.74, 6) is -0.213. The fourth-order valence-electron chi connectivity index (χ4n) is 2.10. The maximum atomic E-state index is 12.0. The van der Waals surface area contributed by atoms with E-state index in [1.165, 1.54) is 11.8 Å². The van der Waals surface area contributed by atoms with Gasteiger partial charge in [0, 0.05) is 22.9 Å². The predicted molar refractivity (Wildman–Crippen MR) is 86.9 cm³/mol. The fourth-order valence-corrected chi connectivity index (χ4v) is 3.36. The summed E-state index contributed by atoms with van der Waals surface area (Å²) in [6.07, 6.45) is 3.40. The molecule has 0 saturated heterocycles. The average molecular weight is 327 g/mol. The third-order valence-corrected chi connectivity index (χ3v) is 4.74. The molecule has 6 heteroatoms. The fraction of sp³-hybridized carbons (Fsp3) is 0.467. The van der Waals surface area contributed by atoms with E-state index < -0.39 is 0 Å². The van der Waals surface area contributed by atoms with Crippen LogP contribution in [0.5, 0.6) is 0 Å². The molecule has 0 fully saturated rings. The predicted octanol–water partition coefficient (Wildman–Crippen LogP) is 3.45. The molecule has 1 aliphatic heterocycles. The van der Waals surface area contributed by atoms with Gasteiger partial charge in [-0.2, -0.15) is 0 Å². The van der Waals surface area contributed by atoms with Gasteiger partial charge in [-0.15, -0.1) is 11.8 Å². The first-order valence-electron chi connectivity index (χ1n) is 7.14. The minimum Gasteiger partial charge on any atom is -0.356 e. The van der Waals surface area contributed by atoms with E-state index >= 15 is 0 Å². The summed E-state index contributed by atoms with van der Waals surface area (Å²) < 4.78 is 0. The van der Waals surface area contributed by atoms with Crippen molar-refractivity contribution in [3.8, 4) is 0 Å². The number of benzene rings is 1. The van der Waals surface area contributed by atoms with E-state index in [4.69, 9.17) is 11.6 Å². The van der Waals surface area contributed by atoms with Gasteiger partial charge in [-0.3, -0.25) is 9.59 Å². The number of rotatable bonds is 6. The van der Waals surface area contributed by atoms with Gasteiger partial charge in [0.1, 0.15) is 0 Å². The summed E-state index contributed by atoms with van der Waals surface area (Å²) in [7, 11) is 0. The first-order valence-corrected chi connectivity index (χ1v) is 8.39. The number of halogens is 1. The van der Waals surface area contributed by atoms with Crippen LogP contribution in [-0.4, -0.2) is 23.6 Å². The van der Waals surface area contributed by atoms with Crippen molar-refractivity contribution in [1.82, 2.24) is 5.32 Å². The van der Waals surface area contributed by atoms with E-state index in [-0.39, 0.29) is 23.5 Å². The largest absolute Gasteiger partial charge is 0.356 e. The van der Waals surface area contributed by atoms with Crippen LogP contribution < -0.4 is 10.6 Å². The van der Waals surface area contributed by atoms with Crippen LogP contribution in [0, 0.1) is 0 Å². The molecule has 0 spiro atoms. The number of carbonyl (C=O) groups is 2. The number of carbonyl (C=O) groups excluding carboxylic acids is 2. The Morgan fingerprint density at radius 2 is 2.24 bits per heavy atom. The molecule has 21 heavy (non-hydrogen) atoms. The lowest BCUT2D eigenvalue weighted by atomic mass is 10.2. The molecular formula is C15H19ClN2O2S. The van der Waals surface area contributed by atoms with Gasteiger partial charge >= 0.3 is 0 Å². The van der Waals surface area contributed by atoms with Crippen LogP contribution in [0.4, 0.5) is 5.69 Å². The van der Waals surface area contributed by atoms with E-state index in [2.05, 4.69) is 17.6 Å². The second kappa shape index (κ2) is 7.71. The Bertz CT molecular complexity index is 536. The molecule has 0 bridgehead atoms. The Labute approximate surface area is 134 Å². The third kappa shape index (κ3) is 4.64. The highest BCUT2D eigenvalue weighted by molar-refractivity contribution is 8.01. The molecule has 0 unspecified atom stereocenters. The molecule has 1 heterocycles. The second-order valence-electron chi connectivity index (χ2n) is 5.00. The number of hydrogen-bond donors (Lipinski definition) is 2. The summed E-state index contributed by atoms with van der Waals surface area (Å²) in [5.41, 5.74) is 0.720. The molecule has 1 atom stereocenters. The zero-order valence-electron chi connectivity index (χ0n) is 11.9. The molecule has 1 aliphatic rings. The molecule has 2 amide bonds. The van der Waals surface area contributed by atoms with Crippen molar-refractivity contribution in [1.29, 1.82) is 0 Å². The van der Waals surface area contributed by atoms with E-state index in [9.17, 15) is 9.59 Å². The highest BCUT2D eigenvalue weighted by Gasteiger charge is 2.28. The van der Waals surface area contributed by atoms with Crippen LogP contribution in [0.25, 0.3) is 0 Å². The number of nitrogens with one attached hydrogen (secondary N) is 2. The number of hydrogen-bond acceptors (Lipinski definition) is 3. The summed E-state index contributed by atoms with van der Waals surface area (Å²) in [6.45, 7) is 2.80. The van der Waals surface area contributed by atoms with Crippen LogP contribution >= 0.6 is 23.4 Å². The van der Waals surface area contributed by atoms with Crippen molar-refractivity contribution < 1.29 is 9.59 Å². The lowest BCUT2D eigenvalue weighted by molar-refractivity contribution is -0.124. The van der Waals surface area contributed by atoms with Crippen LogP contribution in [0.2, 0.25) is 5.02 Å². The average Bonchev–Trinajstić information content (AvgIpc) is 2.45. The van der Waals surface area contributed by atoms with Crippen molar-refractivity contribution in [2.45, 2.75) is 42.8 Å². The molecule has 0 radical (unpaired) electrons. The molecule has 0 saturated carbocycles. The molecule has 0 aromatic heterocycles. The minimum absolute atomic E-state index is 0.0730. The Balaban J connectivity index is 1.88. The monoisotopic (exact) mass is 326 g/mol. The second-order valence-corrected chi connectivity index (χ2v) is 6.68. The van der Waals surface area contributed by atoms with Gasteiger partial charge in [-0.1, -0.05) is 31.4 Å². The van der Waals surface area contributed by atoms with E-state index in [0.717, 1.165) is 29.8 Å².